The number of ether oxygens (including phenoxy) is 1. The molecule has 0 atom stereocenters. The van der Waals surface area contributed by atoms with Gasteiger partial charge in [0.25, 0.3) is 5.56 Å². The van der Waals surface area contributed by atoms with Crippen LogP contribution in [0, 0.1) is 20.8 Å². The van der Waals surface area contributed by atoms with Gasteiger partial charge in [-0.1, -0.05) is 41.4 Å². The number of aryl methyl sites for hydroxylation is 3. The lowest BCUT2D eigenvalue weighted by Crippen LogP contribution is -2.23. The number of aliphatic hydroxyl groups is 1. The highest BCUT2D eigenvalue weighted by atomic mass is 35.5. The molecule has 8 heteroatoms. The van der Waals surface area contributed by atoms with E-state index in [0.29, 0.717) is 35.1 Å². The summed E-state index contributed by atoms with van der Waals surface area (Å²) in [5.41, 5.74) is 3.71. The van der Waals surface area contributed by atoms with Crippen LogP contribution in [-0.2, 0) is 12.2 Å². The number of nitrogens with zero attached hydrogens (tertiary/aromatic N) is 4. The predicted molar refractivity (Wildman–Crippen MR) is 136 cm³/mol. The van der Waals surface area contributed by atoms with Crippen molar-refractivity contribution in [2.24, 2.45) is 0 Å². The molecular formula is C27H27ClN4O3. The maximum absolute atomic E-state index is 13.3. The van der Waals surface area contributed by atoms with E-state index in [9.17, 15) is 9.90 Å². The molecule has 4 aromatic rings. The lowest BCUT2D eigenvalue weighted by Gasteiger charge is -2.18. The van der Waals surface area contributed by atoms with Gasteiger partial charge >= 0.3 is 0 Å². The number of halogens is 1. The van der Waals surface area contributed by atoms with Gasteiger partial charge in [0.05, 0.1) is 17.1 Å². The van der Waals surface area contributed by atoms with Gasteiger partial charge in [0.2, 0.25) is 0 Å². The Kier molecular flexibility index (Phi) is 6.74. The van der Waals surface area contributed by atoms with E-state index in [2.05, 4.69) is 15.0 Å². The molecular weight excluding hydrogens is 464 g/mol. The van der Waals surface area contributed by atoms with Crippen LogP contribution in [-0.4, -0.2) is 24.6 Å². The molecule has 1 aromatic carbocycles. The van der Waals surface area contributed by atoms with E-state index in [1.54, 1.807) is 49.0 Å². The summed E-state index contributed by atoms with van der Waals surface area (Å²) in [7, 11) is 0. The van der Waals surface area contributed by atoms with Gasteiger partial charge in [-0.2, -0.15) is 0 Å². The third-order valence-electron chi connectivity index (χ3n) is 5.56. The normalized spacial score (nSPS) is 11.5. The average Bonchev–Trinajstić information content (AvgIpc) is 2.81. The highest BCUT2D eigenvalue weighted by Crippen LogP contribution is 2.27. The fourth-order valence-electron chi connectivity index (χ4n) is 3.74. The number of rotatable bonds is 6. The number of aromatic nitrogens is 4. The molecule has 0 bridgehead atoms. The summed E-state index contributed by atoms with van der Waals surface area (Å²) < 4.78 is 7.44. The minimum absolute atomic E-state index is 0.00682. The molecule has 0 amide bonds. The van der Waals surface area contributed by atoms with E-state index in [-0.39, 0.29) is 16.4 Å². The van der Waals surface area contributed by atoms with E-state index in [1.165, 1.54) is 0 Å². The van der Waals surface area contributed by atoms with Crippen LogP contribution in [0.2, 0.25) is 5.02 Å². The molecule has 4 rings (SSSR count). The van der Waals surface area contributed by atoms with Crippen LogP contribution in [0.25, 0.3) is 17.1 Å². The van der Waals surface area contributed by atoms with Crippen LogP contribution in [0.4, 0.5) is 0 Å². The highest BCUT2D eigenvalue weighted by Gasteiger charge is 2.21. The summed E-state index contributed by atoms with van der Waals surface area (Å²) in [5, 5.41) is 10.3. The zero-order chi connectivity index (χ0) is 25.3. The van der Waals surface area contributed by atoms with Gasteiger partial charge in [-0.15, -0.1) is 0 Å². The second-order valence-electron chi connectivity index (χ2n) is 9.06. The van der Waals surface area contributed by atoms with Crippen molar-refractivity contribution in [1.29, 1.82) is 0 Å². The second-order valence-corrected chi connectivity index (χ2v) is 9.44. The Bertz CT molecular complexity index is 1460. The highest BCUT2D eigenvalue weighted by molar-refractivity contribution is 6.31. The smallest absolute Gasteiger partial charge is 0.277 e. The van der Waals surface area contributed by atoms with Crippen LogP contribution in [0.5, 0.6) is 5.75 Å². The lowest BCUT2D eigenvalue weighted by molar-refractivity contribution is 0.0688. The number of benzene rings is 1. The third kappa shape index (κ3) is 5.26. The quantitative estimate of drug-likeness (QED) is 0.405. The van der Waals surface area contributed by atoms with Gasteiger partial charge in [-0.3, -0.25) is 14.3 Å². The van der Waals surface area contributed by atoms with Crippen LogP contribution >= 0.6 is 11.6 Å². The van der Waals surface area contributed by atoms with Crippen molar-refractivity contribution in [3.63, 3.8) is 0 Å². The molecule has 0 spiro atoms. The Balaban J connectivity index is 1.72. The van der Waals surface area contributed by atoms with E-state index in [4.69, 9.17) is 16.3 Å². The summed E-state index contributed by atoms with van der Waals surface area (Å²) in [6.45, 7) is 9.26. The van der Waals surface area contributed by atoms with E-state index in [1.807, 2.05) is 45.0 Å². The summed E-state index contributed by atoms with van der Waals surface area (Å²) >= 11 is 6.48. The third-order valence-corrected chi connectivity index (χ3v) is 5.91. The van der Waals surface area contributed by atoms with Crippen LogP contribution in [0.1, 0.15) is 42.1 Å². The Morgan fingerprint density at radius 3 is 2.54 bits per heavy atom. The largest absolute Gasteiger partial charge is 0.487 e. The van der Waals surface area contributed by atoms with Crippen molar-refractivity contribution >= 4 is 11.6 Å². The SMILES string of the molecule is Cc1cccc(COc2cc(C)n(-c3cc(-c4ccnc(C(C)(C)O)n4)ncc3C)c(=O)c2Cl)c1. The molecule has 0 unspecified atom stereocenters. The molecule has 0 saturated heterocycles. The molecule has 0 aliphatic carbocycles. The monoisotopic (exact) mass is 490 g/mol. The fraction of sp³-hybridized carbons (Fsp3) is 0.259. The lowest BCUT2D eigenvalue weighted by atomic mass is 10.1. The molecule has 0 aliphatic rings. The fourth-order valence-corrected chi connectivity index (χ4v) is 3.93. The van der Waals surface area contributed by atoms with Gasteiger partial charge < -0.3 is 9.84 Å². The molecule has 3 aromatic heterocycles. The Labute approximate surface area is 209 Å². The topological polar surface area (TPSA) is 90.1 Å². The minimum Gasteiger partial charge on any atom is -0.487 e. The first kappa shape index (κ1) is 24.6. The molecule has 3 heterocycles. The molecule has 0 aliphatic heterocycles. The molecule has 1 N–H and O–H groups in total. The second kappa shape index (κ2) is 9.60. The molecule has 180 valence electrons. The van der Waals surface area contributed by atoms with Gasteiger partial charge in [-0.05, 0) is 57.9 Å². The maximum atomic E-state index is 13.3. The van der Waals surface area contributed by atoms with Crippen molar-refractivity contribution in [2.45, 2.75) is 46.8 Å². The van der Waals surface area contributed by atoms with Crippen molar-refractivity contribution in [3.05, 3.63) is 98.4 Å². The zero-order valence-corrected chi connectivity index (χ0v) is 21.1. The van der Waals surface area contributed by atoms with Gasteiger partial charge in [0.15, 0.2) is 5.82 Å². The van der Waals surface area contributed by atoms with E-state index >= 15 is 0 Å². The van der Waals surface area contributed by atoms with Crippen LogP contribution in [0.3, 0.4) is 0 Å². The van der Waals surface area contributed by atoms with Crippen LogP contribution in [0.15, 0.2) is 59.7 Å². The first-order chi connectivity index (χ1) is 16.5. The van der Waals surface area contributed by atoms with Crippen molar-refractivity contribution < 1.29 is 9.84 Å². The summed E-state index contributed by atoms with van der Waals surface area (Å²) in [6, 6.07) is 13.2. The first-order valence-electron chi connectivity index (χ1n) is 11.2. The number of hydrogen-bond acceptors (Lipinski definition) is 6. The molecule has 0 radical (unpaired) electrons. The zero-order valence-electron chi connectivity index (χ0n) is 20.3. The standard InChI is InChI=1S/C27H27ClN4O3/c1-16-7-6-8-19(11-16)15-35-23-12-18(3)32(25(33)24(23)28)22-13-21(30-14-17(22)2)20-9-10-29-26(31-20)27(4,5)34/h6-14,34H,15H2,1-5H3. The van der Waals surface area contributed by atoms with Crippen molar-refractivity contribution in [2.75, 3.05) is 0 Å². The number of pyridine rings is 2. The molecule has 0 fully saturated rings. The average molecular weight is 491 g/mol. The predicted octanol–water partition coefficient (Wildman–Crippen LogP) is 5.07. The Morgan fingerprint density at radius 1 is 1.06 bits per heavy atom. The summed E-state index contributed by atoms with van der Waals surface area (Å²) in [6.07, 6.45) is 3.25. The molecule has 7 nitrogen and oxygen atoms in total. The van der Waals surface area contributed by atoms with E-state index < -0.39 is 5.60 Å². The summed E-state index contributed by atoms with van der Waals surface area (Å²) in [5.74, 6) is 0.620. The Hall–Kier alpha value is -3.55. The van der Waals surface area contributed by atoms with Crippen molar-refractivity contribution in [1.82, 2.24) is 19.5 Å². The minimum atomic E-state index is -1.20. The maximum Gasteiger partial charge on any atom is 0.277 e. The Morgan fingerprint density at radius 2 is 1.83 bits per heavy atom. The summed E-state index contributed by atoms with van der Waals surface area (Å²) in [4.78, 5) is 26.4. The van der Waals surface area contributed by atoms with Gasteiger partial charge in [0.1, 0.15) is 23.0 Å². The van der Waals surface area contributed by atoms with Crippen LogP contribution < -0.4 is 10.3 Å². The van der Waals surface area contributed by atoms with E-state index in [0.717, 1.165) is 16.7 Å². The van der Waals surface area contributed by atoms with Gasteiger partial charge in [-0.25, -0.2) is 9.97 Å². The number of hydrogen-bond donors (Lipinski definition) is 1. The first-order valence-corrected chi connectivity index (χ1v) is 11.6. The van der Waals surface area contributed by atoms with Crippen molar-refractivity contribution in [3.8, 4) is 22.8 Å². The molecule has 35 heavy (non-hydrogen) atoms. The molecule has 0 saturated carbocycles. The van der Waals surface area contributed by atoms with Gasteiger partial charge in [0, 0.05) is 24.2 Å².